The molecular weight excluding hydrogens is 314 g/mol. The lowest BCUT2D eigenvalue weighted by Gasteiger charge is -2.06. The Morgan fingerprint density at radius 3 is 2.58 bits per heavy atom. The van der Waals surface area contributed by atoms with Crippen molar-refractivity contribution in [1.82, 2.24) is 20.4 Å². The molecule has 2 aromatic heterocycles. The van der Waals surface area contributed by atoms with E-state index in [0.717, 1.165) is 0 Å². The number of aromatic amines is 1. The predicted molar refractivity (Wildman–Crippen MR) is 85.5 cm³/mol. The third kappa shape index (κ3) is 4.07. The van der Waals surface area contributed by atoms with Gasteiger partial charge in [-0.1, -0.05) is 0 Å². The molecule has 3 N–H and O–H groups in total. The van der Waals surface area contributed by atoms with Gasteiger partial charge in [-0.2, -0.15) is 0 Å². The summed E-state index contributed by atoms with van der Waals surface area (Å²) in [5.41, 5.74) is 6.72. The minimum atomic E-state index is -0.503. The van der Waals surface area contributed by atoms with Gasteiger partial charge in [-0.3, -0.25) is 15.6 Å². The molecule has 0 atom stereocenters. The first-order valence-corrected chi connectivity index (χ1v) is 7.23. The fraction of sp³-hybridized carbons (Fsp3) is 0.333. The highest BCUT2D eigenvalue weighted by molar-refractivity contribution is 6.00. The lowest BCUT2D eigenvalue weighted by molar-refractivity contribution is 0.0387. The largest absolute Gasteiger partial charge is 0.460 e. The number of anilines is 1. The van der Waals surface area contributed by atoms with Gasteiger partial charge in [0.1, 0.15) is 12.3 Å². The lowest BCUT2D eigenvalue weighted by Crippen LogP contribution is -2.31. The number of nitrogens with zero attached hydrogens (tertiary/aromatic N) is 2. The van der Waals surface area contributed by atoms with Crippen LogP contribution in [0.25, 0.3) is 0 Å². The number of amides is 1. The highest BCUT2D eigenvalue weighted by Gasteiger charge is 2.23. The van der Waals surface area contributed by atoms with Gasteiger partial charge in [0.25, 0.3) is 5.91 Å². The summed E-state index contributed by atoms with van der Waals surface area (Å²) in [5.74, 6) is -0.693. The lowest BCUT2D eigenvalue weighted by atomic mass is 10.1. The van der Waals surface area contributed by atoms with Crippen LogP contribution < -0.4 is 10.9 Å². The van der Waals surface area contributed by atoms with Crippen LogP contribution in [0.3, 0.4) is 0 Å². The zero-order valence-electron chi connectivity index (χ0n) is 13.7. The molecule has 0 bridgehead atoms. The molecule has 24 heavy (non-hydrogen) atoms. The van der Waals surface area contributed by atoms with Crippen LogP contribution in [0.15, 0.2) is 18.5 Å². The monoisotopic (exact) mass is 333 g/mol. The van der Waals surface area contributed by atoms with Gasteiger partial charge in [0.05, 0.1) is 12.2 Å². The number of hydrogen-bond acceptors (Lipinski definition) is 7. The number of rotatable bonds is 7. The van der Waals surface area contributed by atoms with E-state index in [2.05, 4.69) is 25.8 Å². The number of aryl methyl sites for hydroxylation is 1. The van der Waals surface area contributed by atoms with Crippen molar-refractivity contribution in [2.45, 2.75) is 13.8 Å². The number of aromatic nitrogens is 3. The van der Waals surface area contributed by atoms with E-state index in [9.17, 15) is 9.59 Å². The van der Waals surface area contributed by atoms with Crippen molar-refractivity contribution < 1.29 is 19.1 Å². The minimum absolute atomic E-state index is 0.147. The van der Waals surface area contributed by atoms with Crippen LogP contribution >= 0.6 is 0 Å². The first kappa shape index (κ1) is 17.4. The normalized spacial score (nSPS) is 10.3. The second-order valence-electron chi connectivity index (χ2n) is 4.91. The summed E-state index contributed by atoms with van der Waals surface area (Å²) >= 11 is 0. The number of hydrogen-bond donors (Lipinski definition) is 3. The van der Waals surface area contributed by atoms with E-state index in [-0.39, 0.29) is 18.2 Å². The van der Waals surface area contributed by atoms with E-state index in [4.69, 9.17) is 9.47 Å². The van der Waals surface area contributed by atoms with Crippen molar-refractivity contribution in [3.8, 4) is 0 Å². The van der Waals surface area contributed by atoms with Gasteiger partial charge in [0, 0.05) is 25.2 Å². The second-order valence-corrected chi connectivity index (χ2v) is 4.91. The topological polar surface area (TPSA) is 118 Å². The predicted octanol–water partition coefficient (Wildman–Crippen LogP) is 0.982. The van der Waals surface area contributed by atoms with E-state index in [0.29, 0.717) is 23.4 Å². The summed E-state index contributed by atoms with van der Waals surface area (Å²) < 4.78 is 9.94. The Balaban J connectivity index is 2.06. The van der Waals surface area contributed by atoms with E-state index in [1.807, 2.05) is 0 Å². The quantitative estimate of drug-likeness (QED) is 0.393. The van der Waals surface area contributed by atoms with E-state index in [1.54, 1.807) is 32.3 Å². The maximum Gasteiger partial charge on any atom is 0.340 e. The summed E-state index contributed by atoms with van der Waals surface area (Å²) in [5, 5.41) is 0. The molecule has 9 nitrogen and oxygen atoms in total. The Kier molecular flexibility index (Phi) is 5.85. The number of H-pyrrole nitrogens is 1. The van der Waals surface area contributed by atoms with Crippen LogP contribution in [0.1, 0.15) is 32.1 Å². The molecule has 0 spiro atoms. The SMILES string of the molecule is COCCOC(=O)c1c(C)[nH]c(C(=O)NNc2ncccn2)c1C. The fourth-order valence-corrected chi connectivity index (χ4v) is 2.11. The molecular formula is C15H19N5O4. The average molecular weight is 333 g/mol. The average Bonchev–Trinajstić information content (AvgIpc) is 2.88. The number of nitrogens with one attached hydrogen (secondary N) is 3. The molecule has 0 aromatic carbocycles. The third-order valence-electron chi connectivity index (χ3n) is 3.24. The highest BCUT2D eigenvalue weighted by Crippen LogP contribution is 2.19. The molecule has 0 unspecified atom stereocenters. The molecule has 2 aromatic rings. The molecule has 0 radical (unpaired) electrons. The number of hydrazine groups is 1. The smallest absolute Gasteiger partial charge is 0.340 e. The highest BCUT2D eigenvalue weighted by atomic mass is 16.6. The van der Waals surface area contributed by atoms with Gasteiger partial charge < -0.3 is 14.5 Å². The summed E-state index contributed by atoms with van der Waals surface area (Å²) in [6.45, 7) is 3.82. The Morgan fingerprint density at radius 1 is 1.21 bits per heavy atom. The van der Waals surface area contributed by atoms with Crippen molar-refractivity contribution in [3.63, 3.8) is 0 Å². The zero-order chi connectivity index (χ0) is 17.5. The van der Waals surface area contributed by atoms with Gasteiger partial charge in [0.2, 0.25) is 5.95 Å². The molecule has 0 fully saturated rings. The van der Waals surface area contributed by atoms with Crippen LogP contribution in [0.2, 0.25) is 0 Å². The number of ether oxygens (including phenoxy) is 2. The summed E-state index contributed by atoms with van der Waals surface area (Å²) in [6.07, 6.45) is 3.08. The molecule has 2 heterocycles. The minimum Gasteiger partial charge on any atom is -0.460 e. The molecule has 0 aliphatic carbocycles. The molecule has 0 saturated heterocycles. The van der Waals surface area contributed by atoms with Crippen LogP contribution in [-0.2, 0) is 9.47 Å². The maximum atomic E-state index is 12.3. The van der Waals surface area contributed by atoms with Gasteiger partial charge in [-0.15, -0.1) is 0 Å². The van der Waals surface area contributed by atoms with Gasteiger partial charge in [-0.05, 0) is 25.5 Å². The van der Waals surface area contributed by atoms with E-state index < -0.39 is 11.9 Å². The van der Waals surface area contributed by atoms with Crippen molar-refractivity contribution in [2.24, 2.45) is 0 Å². The summed E-state index contributed by atoms with van der Waals surface area (Å²) in [6, 6.07) is 1.66. The Labute approximate surface area is 138 Å². The van der Waals surface area contributed by atoms with Crippen LogP contribution in [0.5, 0.6) is 0 Å². The van der Waals surface area contributed by atoms with E-state index in [1.165, 1.54) is 7.11 Å². The molecule has 0 aliphatic rings. The second kappa shape index (κ2) is 8.06. The van der Waals surface area contributed by atoms with Crippen molar-refractivity contribution >= 4 is 17.8 Å². The molecule has 0 aliphatic heterocycles. The number of carbonyl (C=O) groups excluding carboxylic acids is 2. The third-order valence-corrected chi connectivity index (χ3v) is 3.24. The van der Waals surface area contributed by atoms with Gasteiger partial charge in [-0.25, -0.2) is 14.8 Å². The molecule has 1 amide bonds. The van der Waals surface area contributed by atoms with Crippen molar-refractivity contribution in [3.05, 3.63) is 41.0 Å². The standard InChI is InChI=1S/C15H19N5O4/c1-9-11(14(22)24-8-7-23-3)10(2)18-12(9)13(21)19-20-15-16-5-4-6-17-15/h4-6,18H,7-8H2,1-3H3,(H,19,21)(H,16,17,20). The van der Waals surface area contributed by atoms with Crippen LogP contribution in [0.4, 0.5) is 5.95 Å². The number of esters is 1. The molecule has 9 heteroatoms. The molecule has 2 rings (SSSR count). The van der Waals surface area contributed by atoms with Crippen LogP contribution in [-0.4, -0.2) is 47.2 Å². The maximum absolute atomic E-state index is 12.3. The molecule has 128 valence electrons. The van der Waals surface area contributed by atoms with Gasteiger partial charge >= 0.3 is 5.97 Å². The molecule has 0 saturated carbocycles. The summed E-state index contributed by atoms with van der Waals surface area (Å²) in [7, 11) is 1.52. The van der Waals surface area contributed by atoms with Gasteiger partial charge in [0.15, 0.2) is 0 Å². The first-order valence-electron chi connectivity index (χ1n) is 7.23. The Bertz CT molecular complexity index is 714. The Morgan fingerprint density at radius 2 is 1.92 bits per heavy atom. The number of carbonyl (C=O) groups is 2. The van der Waals surface area contributed by atoms with Crippen molar-refractivity contribution in [1.29, 1.82) is 0 Å². The fourth-order valence-electron chi connectivity index (χ4n) is 2.11. The zero-order valence-corrected chi connectivity index (χ0v) is 13.7. The summed E-state index contributed by atoms with van der Waals surface area (Å²) in [4.78, 5) is 35.1. The van der Waals surface area contributed by atoms with E-state index >= 15 is 0 Å². The number of methoxy groups -OCH3 is 1. The Hall–Kier alpha value is -2.94. The van der Waals surface area contributed by atoms with Crippen LogP contribution in [0, 0.1) is 13.8 Å². The first-order chi connectivity index (χ1) is 11.5. The van der Waals surface area contributed by atoms with Crippen molar-refractivity contribution in [2.75, 3.05) is 25.7 Å².